The molecule has 0 aromatic heterocycles. The molecule has 172 valence electrons. The zero-order valence-electron chi connectivity index (χ0n) is 17.4. The molecule has 1 unspecified atom stereocenters. The van der Waals surface area contributed by atoms with Crippen LogP contribution in [0.15, 0.2) is 41.6 Å². The number of alkyl halides is 3. The number of nitrogens with zero attached hydrogens (tertiary/aromatic N) is 1. The number of rotatable bonds is 7. The molecule has 1 heterocycles. The van der Waals surface area contributed by atoms with Crippen LogP contribution in [0.3, 0.4) is 0 Å². The number of carbonyl (C=O) groups excluding carboxylic acids is 1. The van der Waals surface area contributed by atoms with Crippen LogP contribution in [0.25, 0.3) is 0 Å². The predicted octanol–water partition coefficient (Wildman–Crippen LogP) is 7.78. The Hall–Kier alpha value is -1.76. The second kappa shape index (κ2) is 9.62. The summed E-state index contributed by atoms with van der Waals surface area (Å²) in [6.07, 6.45) is -4.17. The quantitative estimate of drug-likeness (QED) is 0.385. The van der Waals surface area contributed by atoms with Crippen LogP contribution in [0.1, 0.15) is 49.8 Å². The molecular weight excluding hydrogens is 486 g/mol. The molecule has 2 aromatic carbocycles. The molecule has 0 bridgehead atoms. The van der Waals surface area contributed by atoms with Crippen molar-refractivity contribution in [1.29, 1.82) is 0 Å². The van der Waals surface area contributed by atoms with Gasteiger partial charge >= 0.3 is 6.18 Å². The van der Waals surface area contributed by atoms with Crippen molar-refractivity contribution in [2.75, 3.05) is 0 Å². The van der Waals surface area contributed by atoms with Gasteiger partial charge in [-0.25, -0.2) is 0 Å². The lowest BCUT2D eigenvalue weighted by atomic mass is 9.86. The Kier molecular flexibility index (Phi) is 7.48. The smallest absolute Gasteiger partial charge is 0.374 e. The Bertz CT molecular complexity index is 1030. The van der Waals surface area contributed by atoms with Gasteiger partial charge in [-0.3, -0.25) is 4.79 Å². The van der Waals surface area contributed by atoms with Crippen LogP contribution in [0, 0.1) is 5.92 Å². The molecule has 32 heavy (non-hydrogen) atoms. The molecule has 9 heteroatoms. The van der Waals surface area contributed by atoms with Gasteiger partial charge in [0.05, 0.1) is 5.71 Å². The molecular formula is C23H21Cl3F3NO2. The van der Waals surface area contributed by atoms with Gasteiger partial charge in [-0.15, -0.1) is 0 Å². The summed E-state index contributed by atoms with van der Waals surface area (Å²) in [5.74, 6) is 0.363. The third kappa shape index (κ3) is 5.41. The lowest BCUT2D eigenvalue weighted by molar-refractivity contribution is -0.275. The van der Waals surface area contributed by atoms with E-state index in [1.54, 1.807) is 18.2 Å². The van der Waals surface area contributed by atoms with Crippen molar-refractivity contribution in [2.45, 2.75) is 51.3 Å². The number of benzene rings is 2. The number of Topliss-reactive ketones (excluding diaryl/α,β-unsaturated/α-hetero) is 1. The van der Waals surface area contributed by atoms with E-state index in [4.69, 9.17) is 39.6 Å². The molecule has 0 N–H and O–H groups in total. The number of ketones is 1. The van der Waals surface area contributed by atoms with Crippen LogP contribution < -0.4 is 0 Å². The van der Waals surface area contributed by atoms with Gasteiger partial charge in [0.1, 0.15) is 5.78 Å². The van der Waals surface area contributed by atoms with Crippen molar-refractivity contribution in [3.63, 3.8) is 0 Å². The maximum absolute atomic E-state index is 14.2. The monoisotopic (exact) mass is 505 g/mol. The number of oxime groups is 1. The average Bonchev–Trinajstić information content (AvgIpc) is 3.13. The van der Waals surface area contributed by atoms with Gasteiger partial charge in [-0.1, -0.05) is 59.9 Å². The fourth-order valence-corrected chi connectivity index (χ4v) is 4.36. The highest BCUT2D eigenvalue weighted by Gasteiger charge is 2.62. The van der Waals surface area contributed by atoms with Gasteiger partial charge in [0.2, 0.25) is 0 Å². The van der Waals surface area contributed by atoms with E-state index in [1.807, 2.05) is 13.8 Å². The van der Waals surface area contributed by atoms with E-state index in [2.05, 4.69) is 5.16 Å². The van der Waals surface area contributed by atoms with Gasteiger partial charge in [0.15, 0.2) is 0 Å². The first kappa shape index (κ1) is 24.9. The predicted molar refractivity (Wildman–Crippen MR) is 121 cm³/mol. The van der Waals surface area contributed by atoms with Gasteiger partial charge < -0.3 is 4.84 Å². The Balaban J connectivity index is 1.87. The van der Waals surface area contributed by atoms with Crippen molar-refractivity contribution in [3.05, 3.63) is 68.2 Å². The van der Waals surface area contributed by atoms with Crippen molar-refractivity contribution >= 4 is 46.3 Å². The molecule has 0 amide bonds. The molecule has 1 aliphatic rings. The topological polar surface area (TPSA) is 38.7 Å². The maximum atomic E-state index is 14.2. The Morgan fingerprint density at radius 1 is 1.12 bits per heavy atom. The summed E-state index contributed by atoms with van der Waals surface area (Å²) in [5, 5.41) is 4.33. The SMILES string of the molecule is CC(C)CC(=O)CCc1cc(C2=NOC(c3cc(Cl)cc(Cl)c3)(C(F)(F)F)C2)ccc1Cl. The number of aryl methyl sites for hydroxylation is 1. The molecule has 3 nitrogen and oxygen atoms in total. The van der Waals surface area contributed by atoms with Gasteiger partial charge in [0.25, 0.3) is 5.60 Å². The summed E-state index contributed by atoms with van der Waals surface area (Å²) < 4.78 is 42.5. The van der Waals surface area contributed by atoms with E-state index in [0.717, 1.165) is 0 Å². The molecule has 0 radical (unpaired) electrons. The van der Waals surface area contributed by atoms with Crippen LogP contribution in [0.4, 0.5) is 13.2 Å². The standard InChI is InChI=1S/C23H21Cl3F3NO2/c1-13(2)7-19(31)5-3-14-8-15(4-6-20(14)26)21-12-22(32-30-21,23(27,28)29)16-9-17(24)11-18(25)10-16/h4,6,8-11,13H,3,5,7,12H2,1-2H3. The highest BCUT2D eigenvalue weighted by atomic mass is 35.5. The average molecular weight is 507 g/mol. The third-order valence-corrected chi connectivity index (χ3v) is 6.01. The normalized spacial score (nSPS) is 18.6. The first-order valence-corrected chi connectivity index (χ1v) is 11.1. The summed E-state index contributed by atoms with van der Waals surface area (Å²) in [7, 11) is 0. The van der Waals surface area contributed by atoms with Crippen LogP contribution >= 0.6 is 34.8 Å². The third-order valence-electron chi connectivity index (χ3n) is 5.20. The first-order valence-electron chi connectivity index (χ1n) is 10.00. The number of carbonyl (C=O) groups is 1. The molecule has 0 spiro atoms. The van der Waals surface area contributed by atoms with E-state index in [-0.39, 0.29) is 33.0 Å². The van der Waals surface area contributed by atoms with Crippen molar-refractivity contribution in [3.8, 4) is 0 Å². The fraction of sp³-hybridized carbons (Fsp3) is 0.391. The minimum absolute atomic E-state index is 0.0630. The van der Waals surface area contributed by atoms with Crippen LogP contribution in [-0.2, 0) is 21.7 Å². The second-order valence-electron chi connectivity index (χ2n) is 8.23. The minimum atomic E-state index is -4.77. The van der Waals surface area contributed by atoms with Crippen LogP contribution in [0.2, 0.25) is 15.1 Å². The van der Waals surface area contributed by atoms with E-state index in [9.17, 15) is 18.0 Å². The number of hydrogen-bond acceptors (Lipinski definition) is 3. The van der Waals surface area contributed by atoms with Crippen molar-refractivity contribution in [1.82, 2.24) is 0 Å². The number of hydrogen-bond donors (Lipinski definition) is 0. The molecule has 3 rings (SSSR count). The molecule has 1 atom stereocenters. The van der Waals surface area contributed by atoms with Crippen LogP contribution in [-0.4, -0.2) is 17.7 Å². The lowest BCUT2D eigenvalue weighted by Gasteiger charge is -2.29. The summed E-state index contributed by atoms with van der Waals surface area (Å²) in [5.41, 5.74) is -1.71. The van der Waals surface area contributed by atoms with E-state index >= 15 is 0 Å². The zero-order chi connectivity index (χ0) is 23.7. The lowest BCUT2D eigenvalue weighted by Crippen LogP contribution is -2.42. The van der Waals surface area contributed by atoms with E-state index in [0.29, 0.717) is 35.4 Å². The van der Waals surface area contributed by atoms with Crippen molar-refractivity contribution < 1.29 is 22.8 Å². The summed E-state index contributed by atoms with van der Waals surface area (Å²) >= 11 is 18.1. The van der Waals surface area contributed by atoms with Gasteiger partial charge in [-0.2, -0.15) is 13.2 Å². The van der Waals surface area contributed by atoms with Gasteiger partial charge in [0, 0.05) is 39.9 Å². The van der Waals surface area contributed by atoms with Crippen LogP contribution in [0.5, 0.6) is 0 Å². The van der Waals surface area contributed by atoms with Crippen molar-refractivity contribution in [2.24, 2.45) is 11.1 Å². The minimum Gasteiger partial charge on any atom is -0.374 e. The number of halogens is 6. The maximum Gasteiger partial charge on any atom is 0.435 e. The Morgan fingerprint density at radius 2 is 1.78 bits per heavy atom. The molecule has 0 aliphatic carbocycles. The highest BCUT2D eigenvalue weighted by molar-refractivity contribution is 6.34. The Labute approximate surface area is 199 Å². The molecule has 1 aliphatic heterocycles. The summed E-state index contributed by atoms with van der Waals surface area (Å²) in [4.78, 5) is 17.1. The molecule has 0 saturated carbocycles. The molecule has 0 saturated heterocycles. The highest BCUT2D eigenvalue weighted by Crippen LogP contribution is 2.49. The van der Waals surface area contributed by atoms with Gasteiger partial charge in [-0.05, 0) is 53.8 Å². The zero-order valence-corrected chi connectivity index (χ0v) is 19.7. The van der Waals surface area contributed by atoms with E-state index in [1.165, 1.54) is 18.2 Å². The molecule has 2 aromatic rings. The molecule has 0 fully saturated rings. The largest absolute Gasteiger partial charge is 0.435 e. The fourth-order valence-electron chi connectivity index (χ4n) is 3.62. The van der Waals surface area contributed by atoms with E-state index < -0.39 is 18.2 Å². The summed E-state index contributed by atoms with van der Waals surface area (Å²) in [6.45, 7) is 3.92. The first-order chi connectivity index (χ1) is 14.9. The second-order valence-corrected chi connectivity index (χ2v) is 9.51. The Morgan fingerprint density at radius 3 is 2.38 bits per heavy atom. The summed E-state index contributed by atoms with van der Waals surface area (Å²) in [6, 6.07) is 8.52.